The summed E-state index contributed by atoms with van der Waals surface area (Å²) >= 11 is 0. The summed E-state index contributed by atoms with van der Waals surface area (Å²) in [6.45, 7) is 5.83. The summed E-state index contributed by atoms with van der Waals surface area (Å²) in [5, 5.41) is 25.8. The normalized spacial score (nSPS) is 16.7. The Hall–Kier alpha value is -5.08. The van der Waals surface area contributed by atoms with Crippen LogP contribution in [0.15, 0.2) is 30.3 Å². The SMILES string of the molecule is CC(=O)N[C@H](CNC(=O)N[C@@H](CCCCN)CNC(=O)N[C@@H](CCCCN)CNC(=O)N[C@H]1CC(C)N(C(=O)N[C@@H](CCCCN)CNC(N)=O)C1)Cc1ccccc1. The molecule has 59 heavy (non-hydrogen) atoms. The van der Waals surface area contributed by atoms with Gasteiger partial charge < -0.3 is 75.7 Å². The molecule has 1 aromatic carbocycles. The van der Waals surface area contributed by atoms with Crippen molar-refractivity contribution in [1.29, 1.82) is 0 Å². The first kappa shape index (κ1) is 50.1. The van der Waals surface area contributed by atoms with Crippen molar-refractivity contribution >= 4 is 36.1 Å². The van der Waals surface area contributed by atoms with Gasteiger partial charge in [-0.3, -0.25) is 4.79 Å². The standard InChI is InChI=1S/C39H72N14O6/c1-27-20-34(26-53(27)39(59)52-32(16-8-11-19-42)22-44-35(43)55)51-38(58)46-24-31(15-7-10-18-41)49-36(56)45-23-30(14-6-9-17-40)50-37(57)47-25-33(48-28(2)54)21-29-12-4-3-5-13-29/h3-5,12-13,27,30-34H,6-11,14-26,40-42H2,1-2H3,(H,48,54)(H,52,59)(H3,43,44,55)(H2,45,49,56)(H2,46,51,58)(H2,47,50,57)/t27?,30-,31-,32-,33-,34-/m0/s1. The average molecular weight is 833 g/mol. The van der Waals surface area contributed by atoms with Gasteiger partial charge in [0.05, 0.1) is 12.1 Å². The highest BCUT2D eigenvalue weighted by atomic mass is 16.2. The minimum absolute atomic E-state index is 0.145. The molecule has 20 heteroatoms. The van der Waals surface area contributed by atoms with Crippen LogP contribution in [-0.2, 0) is 11.2 Å². The minimum Gasteiger partial charge on any atom is -0.352 e. The summed E-state index contributed by atoms with van der Waals surface area (Å²) in [6.07, 6.45) is 7.36. The first-order chi connectivity index (χ1) is 28.3. The van der Waals surface area contributed by atoms with Crippen molar-refractivity contribution in [2.75, 3.05) is 52.4 Å². The van der Waals surface area contributed by atoms with Crippen LogP contribution in [0.4, 0.5) is 24.0 Å². The number of carbonyl (C=O) groups excluding carboxylic acids is 6. The molecule has 1 aliphatic heterocycles. The third-order valence-electron chi connectivity index (χ3n) is 9.97. The second-order valence-corrected chi connectivity index (χ2v) is 15.2. The molecule has 6 atom stereocenters. The first-order valence-electron chi connectivity index (χ1n) is 21.0. The fourth-order valence-electron chi connectivity index (χ4n) is 6.90. The van der Waals surface area contributed by atoms with Crippen LogP contribution in [0.5, 0.6) is 0 Å². The third-order valence-corrected chi connectivity index (χ3v) is 9.97. The predicted octanol–water partition coefficient (Wildman–Crippen LogP) is -0.0351. The Morgan fingerprint density at radius 2 is 1.12 bits per heavy atom. The van der Waals surface area contributed by atoms with E-state index in [1.54, 1.807) is 4.90 Å². The van der Waals surface area contributed by atoms with Crippen molar-refractivity contribution in [2.45, 2.75) is 121 Å². The van der Waals surface area contributed by atoms with Gasteiger partial charge in [0.2, 0.25) is 5.91 Å². The Balaban J connectivity index is 1.90. The van der Waals surface area contributed by atoms with E-state index >= 15 is 0 Å². The van der Waals surface area contributed by atoms with Gasteiger partial charge in [-0.15, -0.1) is 0 Å². The summed E-state index contributed by atoms with van der Waals surface area (Å²) < 4.78 is 0. The zero-order valence-electron chi connectivity index (χ0n) is 35.0. The highest BCUT2D eigenvalue weighted by Crippen LogP contribution is 2.18. The van der Waals surface area contributed by atoms with Gasteiger partial charge in [0.25, 0.3) is 0 Å². The van der Waals surface area contributed by atoms with E-state index < -0.39 is 36.2 Å². The Kier molecular flexibility index (Phi) is 24.8. The number of nitrogens with one attached hydrogen (secondary N) is 9. The van der Waals surface area contributed by atoms with E-state index in [-0.39, 0.29) is 62.3 Å². The number of unbranched alkanes of at least 4 members (excludes halogenated alkanes) is 3. The summed E-state index contributed by atoms with van der Waals surface area (Å²) in [4.78, 5) is 77.1. The second kappa shape index (κ2) is 29.2. The number of nitrogens with two attached hydrogens (primary N) is 4. The number of hydrogen-bond acceptors (Lipinski definition) is 9. The van der Waals surface area contributed by atoms with Crippen molar-refractivity contribution in [3.8, 4) is 0 Å². The summed E-state index contributed by atoms with van der Waals surface area (Å²) in [5.41, 5.74) is 23.3. The number of urea groups is 5. The zero-order chi connectivity index (χ0) is 43.4. The van der Waals surface area contributed by atoms with Crippen LogP contribution in [0.1, 0.15) is 83.6 Å². The molecule has 1 heterocycles. The van der Waals surface area contributed by atoms with E-state index in [2.05, 4.69) is 47.9 Å². The van der Waals surface area contributed by atoms with Gasteiger partial charge in [-0.2, -0.15) is 0 Å². The molecule has 2 rings (SSSR count). The van der Waals surface area contributed by atoms with Crippen LogP contribution in [0.25, 0.3) is 0 Å². The molecule has 0 bridgehead atoms. The highest BCUT2D eigenvalue weighted by Gasteiger charge is 2.34. The van der Waals surface area contributed by atoms with Gasteiger partial charge in [0, 0.05) is 63.8 Å². The van der Waals surface area contributed by atoms with Crippen molar-refractivity contribution < 1.29 is 28.8 Å². The van der Waals surface area contributed by atoms with E-state index in [1.807, 2.05) is 37.3 Å². The van der Waals surface area contributed by atoms with Gasteiger partial charge in [-0.1, -0.05) is 49.6 Å². The van der Waals surface area contributed by atoms with E-state index in [1.165, 1.54) is 6.92 Å². The number of nitrogens with zero attached hydrogens (tertiary/aromatic N) is 1. The number of benzene rings is 1. The number of likely N-dealkylation sites (tertiary alicyclic amines) is 1. The molecular formula is C39H72N14O6. The molecule has 0 aromatic heterocycles. The Morgan fingerprint density at radius 3 is 1.61 bits per heavy atom. The van der Waals surface area contributed by atoms with Crippen LogP contribution >= 0.6 is 0 Å². The Morgan fingerprint density at radius 1 is 0.644 bits per heavy atom. The van der Waals surface area contributed by atoms with Gasteiger partial charge in [-0.05, 0) is 83.5 Å². The molecule has 1 fully saturated rings. The molecule has 1 unspecified atom stereocenters. The largest absolute Gasteiger partial charge is 0.352 e. The van der Waals surface area contributed by atoms with Crippen LogP contribution in [-0.4, -0.2) is 130 Å². The van der Waals surface area contributed by atoms with E-state index in [0.717, 1.165) is 44.1 Å². The molecule has 334 valence electrons. The number of carbonyl (C=O) groups is 6. The molecule has 1 saturated heterocycles. The van der Waals surface area contributed by atoms with Gasteiger partial charge in [-0.25, -0.2) is 24.0 Å². The number of amides is 11. The van der Waals surface area contributed by atoms with Crippen LogP contribution in [0.2, 0.25) is 0 Å². The zero-order valence-corrected chi connectivity index (χ0v) is 35.0. The maximum Gasteiger partial charge on any atom is 0.317 e. The minimum atomic E-state index is -0.673. The molecule has 0 spiro atoms. The highest BCUT2D eigenvalue weighted by molar-refractivity contribution is 5.78. The van der Waals surface area contributed by atoms with Gasteiger partial charge in [0.15, 0.2) is 0 Å². The predicted molar refractivity (Wildman–Crippen MR) is 228 cm³/mol. The van der Waals surface area contributed by atoms with Crippen molar-refractivity contribution in [3.63, 3.8) is 0 Å². The molecule has 0 saturated carbocycles. The Labute approximate surface area is 349 Å². The van der Waals surface area contributed by atoms with Crippen molar-refractivity contribution in [1.82, 2.24) is 52.8 Å². The molecule has 1 aromatic rings. The maximum atomic E-state index is 13.2. The number of hydrogen-bond donors (Lipinski definition) is 13. The van der Waals surface area contributed by atoms with E-state index in [4.69, 9.17) is 22.9 Å². The molecule has 20 nitrogen and oxygen atoms in total. The third kappa shape index (κ3) is 22.6. The second-order valence-electron chi connectivity index (χ2n) is 15.2. The van der Waals surface area contributed by atoms with E-state index in [9.17, 15) is 28.8 Å². The van der Waals surface area contributed by atoms with Crippen molar-refractivity contribution in [2.24, 2.45) is 22.9 Å². The van der Waals surface area contributed by atoms with Crippen molar-refractivity contribution in [3.05, 3.63) is 35.9 Å². The molecular weight excluding hydrogens is 761 g/mol. The van der Waals surface area contributed by atoms with Gasteiger partial charge >= 0.3 is 30.2 Å². The number of rotatable bonds is 27. The molecule has 0 radical (unpaired) electrons. The first-order valence-corrected chi connectivity index (χ1v) is 21.0. The topological polar surface area (TPSA) is 318 Å². The van der Waals surface area contributed by atoms with Crippen LogP contribution in [0.3, 0.4) is 0 Å². The fraction of sp³-hybridized carbons (Fsp3) is 0.692. The quantitative estimate of drug-likeness (QED) is 0.0529. The van der Waals surface area contributed by atoms with Crippen LogP contribution < -0.4 is 70.8 Å². The fourth-order valence-corrected chi connectivity index (χ4v) is 6.90. The maximum absolute atomic E-state index is 13.2. The molecule has 17 N–H and O–H groups in total. The molecule has 11 amide bonds. The number of primary amides is 1. The lowest BCUT2D eigenvalue weighted by Crippen LogP contribution is -2.54. The lowest BCUT2D eigenvalue weighted by molar-refractivity contribution is -0.119. The smallest absolute Gasteiger partial charge is 0.317 e. The monoisotopic (exact) mass is 833 g/mol. The molecule has 0 aliphatic carbocycles. The van der Waals surface area contributed by atoms with E-state index in [0.29, 0.717) is 58.3 Å². The lowest BCUT2D eigenvalue weighted by atomic mass is 10.1. The summed E-state index contributed by atoms with van der Waals surface area (Å²) in [7, 11) is 0. The van der Waals surface area contributed by atoms with Gasteiger partial charge in [0.1, 0.15) is 0 Å². The average Bonchev–Trinajstić information content (AvgIpc) is 3.56. The molecule has 1 aliphatic rings. The lowest BCUT2D eigenvalue weighted by Gasteiger charge is -2.26. The summed E-state index contributed by atoms with van der Waals surface area (Å²) in [5.74, 6) is -0.199. The van der Waals surface area contributed by atoms with Crippen LogP contribution in [0, 0.1) is 0 Å². The Bertz CT molecular complexity index is 1410. The summed E-state index contributed by atoms with van der Waals surface area (Å²) in [6, 6.07) is 5.47.